The van der Waals surface area contributed by atoms with E-state index in [4.69, 9.17) is 14.2 Å². The quantitative estimate of drug-likeness (QED) is 0.492. The van der Waals surface area contributed by atoms with Crippen molar-refractivity contribution >= 4 is 23.8 Å². The van der Waals surface area contributed by atoms with Crippen LogP contribution in [0.25, 0.3) is 0 Å². The van der Waals surface area contributed by atoms with Crippen molar-refractivity contribution in [3.8, 4) is 0 Å². The molecular weight excluding hydrogens is 416 g/mol. The van der Waals surface area contributed by atoms with E-state index in [0.29, 0.717) is 31.9 Å². The van der Waals surface area contributed by atoms with Crippen LogP contribution >= 0.6 is 0 Å². The van der Waals surface area contributed by atoms with Gasteiger partial charge in [0.05, 0.1) is 33.4 Å². The second kappa shape index (κ2) is 11.1. The summed E-state index contributed by atoms with van der Waals surface area (Å²) >= 11 is 0. The number of morpholine rings is 1. The second-order valence-electron chi connectivity index (χ2n) is 8.66. The van der Waals surface area contributed by atoms with Gasteiger partial charge in [0.1, 0.15) is 6.04 Å². The van der Waals surface area contributed by atoms with Crippen LogP contribution in [0.15, 0.2) is 30.3 Å². The monoisotopic (exact) mass is 448 g/mol. The maximum absolute atomic E-state index is 13.5. The normalized spacial score (nSPS) is 16.1. The van der Waals surface area contributed by atoms with Crippen LogP contribution in [-0.2, 0) is 33.4 Å². The van der Waals surface area contributed by atoms with Gasteiger partial charge >= 0.3 is 11.9 Å². The average molecular weight is 449 g/mol. The minimum absolute atomic E-state index is 0.242. The van der Waals surface area contributed by atoms with Gasteiger partial charge in [0.2, 0.25) is 11.8 Å². The molecule has 32 heavy (non-hydrogen) atoms. The third-order valence-corrected chi connectivity index (χ3v) is 5.41. The molecule has 1 N–H and O–H groups in total. The summed E-state index contributed by atoms with van der Waals surface area (Å²) in [6.07, 6.45) is 0. The molecule has 1 aromatic rings. The smallest absolute Gasteiger partial charge is 0.321 e. The molecule has 1 aromatic carbocycles. The molecule has 0 aromatic heterocycles. The summed E-state index contributed by atoms with van der Waals surface area (Å²) in [5, 5.41) is 2.80. The lowest BCUT2D eigenvalue weighted by Crippen LogP contribution is -2.58. The number of nitrogens with zero attached hydrogens (tertiary/aromatic N) is 1. The number of hydrogen-bond acceptors (Lipinski definition) is 7. The van der Waals surface area contributed by atoms with Crippen LogP contribution in [0.4, 0.5) is 0 Å². The standard InChI is InChI=1S/C23H32N2O7/c1-23(2,3)18(20(27)25-11-13-32-14-12-25)24-19(26)16(15-9-7-6-8-10-15)17(21(28)30-4)22(29)31-5/h6-10,16-18H,11-14H2,1-5H3,(H,24,26)/t16-,18?/m0/s1. The van der Waals surface area contributed by atoms with Crippen LogP contribution < -0.4 is 5.32 Å². The van der Waals surface area contributed by atoms with Crippen molar-refractivity contribution in [3.05, 3.63) is 35.9 Å². The van der Waals surface area contributed by atoms with Crippen molar-refractivity contribution in [2.24, 2.45) is 11.3 Å². The number of nitrogens with one attached hydrogen (secondary N) is 1. The van der Waals surface area contributed by atoms with Crippen LogP contribution in [0.5, 0.6) is 0 Å². The van der Waals surface area contributed by atoms with Crippen molar-refractivity contribution in [1.82, 2.24) is 10.2 Å². The Balaban J connectivity index is 2.43. The largest absolute Gasteiger partial charge is 0.468 e. The Hall–Kier alpha value is -2.94. The molecule has 1 aliphatic heterocycles. The van der Waals surface area contributed by atoms with Crippen LogP contribution in [0.2, 0.25) is 0 Å². The third-order valence-electron chi connectivity index (χ3n) is 5.41. The topological polar surface area (TPSA) is 111 Å². The summed E-state index contributed by atoms with van der Waals surface area (Å²) < 4.78 is 14.9. The molecule has 1 fully saturated rings. The van der Waals surface area contributed by atoms with Gasteiger partial charge in [-0.3, -0.25) is 19.2 Å². The summed E-state index contributed by atoms with van der Waals surface area (Å²) in [7, 11) is 2.27. The Kier molecular flexibility index (Phi) is 8.77. The van der Waals surface area contributed by atoms with Crippen LogP contribution in [-0.4, -0.2) is 75.2 Å². The van der Waals surface area contributed by atoms with E-state index in [1.165, 1.54) is 0 Å². The van der Waals surface area contributed by atoms with E-state index in [1.807, 2.05) is 20.8 Å². The summed E-state index contributed by atoms with van der Waals surface area (Å²) in [6.45, 7) is 7.22. The molecular formula is C23H32N2O7. The zero-order valence-electron chi connectivity index (χ0n) is 19.3. The highest BCUT2D eigenvalue weighted by Crippen LogP contribution is 2.29. The highest BCUT2D eigenvalue weighted by molar-refractivity contribution is 6.03. The minimum Gasteiger partial charge on any atom is -0.468 e. The molecule has 0 spiro atoms. The van der Waals surface area contributed by atoms with Gasteiger partial charge in [0.15, 0.2) is 5.92 Å². The fourth-order valence-corrected chi connectivity index (χ4v) is 3.62. The van der Waals surface area contributed by atoms with Crippen molar-refractivity contribution in [2.45, 2.75) is 32.7 Å². The number of ether oxygens (including phenoxy) is 3. The molecule has 1 aliphatic rings. The van der Waals surface area contributed by atoms with Gasteiger partial charge in [-0.2, -0.15) is 0 Å². The SMILES string of the molecule is COC(=O)C(C(=O)OC)[C@@H](C(=O)NC(C(=O)N1CCOCC1)C(C)(C)C)c1ccccc1. The van der Waals surface area contributed by atoms with Crippen molar-refractivity contribution in [1.29, 1.82) is 0 Å². The van der Waals surface area contributed by atoms with E-state index in [0.717, 1.165) is 14.2 Å². The molecule has 0 aliphatic carbocycles. The van der Waals surface area contributed by atoms with Crippen LogP contribution in [0.1, 0.15) is 32.3 Å². The number of carbonyl (C=O) groups is 4. The molecule has 0 radical (unpaired) electrons. The lowest BCUT2D eigenvalue weighted by molar-refractivity contribution is -0.162. The van der Waals surface area contributed by atoms with E-state index in [1.54, 1.807) is 35.2 Å². The predicted octanol–water partition coefficient (Wildman–Crippen LogP) is 1.12. The van der Waals surface area contributed by atoms with Crippen molar-refractivity contribution in [2.75, 3.05) is 40.5 Å². The molecule has 1 heterocycles. The number of carbonyl (C=O) groups excluding carboxylic acids is 4. The van der Waals surface area contributed by atoms with Gasteiger partial charge in [-0.1, -0.05) is 51.1 Å². The molecule has 1 saturated heterocycles. The third kappa shape index (κ3) is 6.06. The number of amides is 2. The van der Waals surface area contributed by atoms with Crippen molar-refractivity contribution < 1.29 is 33.4 Å². The number of hydrogen-bond donors (Lipinski definition) is 1. The van der Waals surface area contributed by atoms with E-state index in [9.17, 15) is 19.2 Å². The lowest BCUT2D eigenvalue weighted by atomic mass is 9.82. The zero-order chi connectivity index (χ0) is 23.9. The Morgan fingerprint density at radius 3 is 1.97 bits per heavy atom. The molecule has 9 heteroatoms. The summed E-state index contributed by atoms with van der Waals surface area (Å²) in [5.74, 6) is -5.43. The maximum Gasteiger partial charge on any atom is 0.321 e. The first-order valence-electron chi connectivity index (χ1n) is 10.5. The molecule has 9 nitrogen and oxygen atoms in total. The van der Waals surface area contributed by atoms with Crippen molar-refractivity contribution in [3.63, 3.8) is 0 Å². The lowest BCUT2D eigenvalue weighted by Gasteiger charge is -2.37. The Labute approximate surface area is 188 Å². The molecule has 0 bridgehead atoms. The van der Waals surface area contributed by atoms with Crippen LogP contribution in [0, 0.1) is 11.3 Å². The second-order valence-corrected chi connectivity index (χ2v) is 8.66. The predicted molar refractivity (Wildman–Crippen MR) is 115 cm³/mol. The zero-order valence-corrected chi connectivity index (χ0v) is 19.3. The fourth-order valence-electron chi connectivity index (χ4n) is 3.62. The van der Waals surface area contributed by atoms with E-state index >= 15 is 0 Å². The summed E-state index contributed by atoms with van der Waals surface area (Å²) in [6, 6.07) is 7.54. The Morgan fingerprint density at radius 2 is 1.50 bits per heavy atom. The minimum atomic E-state index is -1.52. The summed E-state index contributed by atoms with van der Waals surface area (Å²) in [4.78, 5) is 53.5. The highest BCUT2D eigenvalue weighted by atomic mass is 16.5. The van der Waals surface area contributed by atoms with Gasteiger partial charge < -0.3 is 24.4 Å². The van der Waals surface area contributed by atoms with E-state index < -0.39 is 41.1 Å². The maximum atomic E-state index is 13.5. The molecule has 2 rings (SSSR count). The first kappa shape index (κ1) is 25.3. The molecule has 2 atom stereocenters. The van der Waals surface area contributed by atoms with E-state index in [2.05, 4.69) is 5.32 Å². The first-order chi connectivity index (χ1) is 15.1. The first-order valence-corrected chi connectivity index (χ1v) is 10.5. The highest BCUT2D eigenvalue weighted by Gasteiger charge is 2.45. The van der Waals surface area contributed by atoms with Gasteiger partial charge in [-0.15, -0.1) is 0 Å². The summed E-state index contributed by atoms with van der Waals surface area (Å²) in [5.41, 5.74) is -0.199. The number of methoxy groups -OCH3 is 2. The Bertz CT molecular complexity index is 797. The Morgan fingerprint density at radius 1 is 0.969 bits per heavy atom. The van der Waals surface area contributed by atoms with E-state index in [-0.39, 0.29) is 5.91 Å². The molecule has 1 unspecified atom stereocenters. The number of esters is 2. The van der Waals surface area contributed by atoms with Gasteiger partial charge in [-0.05, 0) is 11.0 Å². The fraction of sp³-hybridized carbons (Fsp3) is 0.565. The van der Waals surface area contributed by atoms with Crippen LogP contribution in [0.3, 0.4) is 0 Å². The molecule has 176 valence electrons. The van der Waals surface area contributed by atoms with Gasteiger partial charge in [-0.25, -0.2) is 0 Å². The molecule has 2 amide bonds. The number of benzene rings is 1. The number of rotatable bonds is 7. The van der Waals surface area contributed by atoms with Gasteiger partial charge in [0, 0.05) is 13.1 Å². The average Bonchev–Trinajstić information content (AvgIpc) is 2.79. The molecule has 0 saturated carbocycles. The van der Waals surface area contributed by atoms with Gasteiger partial charge in [0.25, 0.3) is 0 Å².